The van der Waals surface area contributed by atoms with Crippen LogP contribution in [0.5, 0.6) is 0 Å². The van der Waals surface area contributed by atoms with Crippen LogP contribution in [-0.4, -0.2) is 23.4 Å². The van der Waals surface area contributed by atoms with Gasteiger partial charge in [0.05, 0.1) is 10.0 Å². The van der Waals surface area contributed by atoms with Gasteiger partial charge in [0.25, 0.3) is 5.91 Å². The van der Waals surface area contributed by atoms with Crippen molar-refractivity contribution in [2.45, 2.75) is 31.7 Å². The molecule has 1 fully saturated rings. The lowest BCUT2D eigenvalue weighted by Gasteiger charge is -2.28. The molecule has 0 bridgehead atoms. The van der Waals surface area contributed by atoms with Crippen LogP contribution in [0.3, 0.4) is 0 Å². The van der Waals surface area contributed by atoms with Gasteiger partial charge in [-0.15, -0.1) is 6.58 Å². The molecule has 102 valence electrons. The number of carbonyl (C=O) groups is 1. The van der Waals surface area contributed by atoms with E-state index in [4.69, 9.17) is 5.73 Å². The van der Waals surface area contributed by atoms with Gasteiger partial charge in [0.2, 0.25) is 0 Å². The van der Waals surface area contributed by atoms with Gasteiger partial charge < -0.3 is 10.6 Å². The van der Waals surface area contributed by atoms with Crippen molar-refractivity contribution in [3.05, 3.63) is 40.9 Å². The average molecular weight is 323 g/mol. The Hall–Kier alpha value is -1.29. The van der Waals surface area contributed by atoms with Gasteiger partial charge in [0.15, 0.2) is 0 Å². The number of anilines is 1. The first-order chi connectivity index (χ1) is 9.15. The van der Waals surface area contributed by atoms with Gasteiger partial charge in [-0.25, -0.2) is 0 Å². The van der Waals surface area contributed by atoms with E-state index in [9.17, 15) is 4.79 Å². The van der Waals surface area contributed by atoms with E-state index in [1.807, 2.05) is 17.0 Å². The highest BCUT2D eigenvalue weighted by Gasteiger charge is 2.27. The fourth-order valence-electron chi connectivity index (χ4n) is 2.62. The van der Waals surface area contributed by atoms with Gasteiger partial charge in [-0.1, -0.05) is 25.0 Å². The summed E-state index contributed by atoms with van der Waals surface area (Å²) in [5, 5.41) is 0. The van der Waals surface area contributed by atoms with Gasteiger partial charge in [0.1, 0.15) is 0 Å². The number of carbonyl (C=O) groups excluding carboxylic acids is 1. The molecule has 2 rings (SSSR count). The molecule has 0 aliphatic heterocycles. The third-order valence-corrected chi connectivity index (χ3v) is 4.50. The lowest BCUT2D eigenvalue weighted by molar-refractivity contribution is 0.0705. The molecule has 1 aliphatic carbocycles. The molecule has 4 heteroatoms. The predicted molar refractivity (Wildman–Crippen MR) is 82.0 cm³/mol. The third kappa shape index (κ3) is 3.00. The molecule has 0 saturated heterocycles. The summed E-state index contributed by atoms with van der Waals surface area (Å²) in [5.74, 6) is 0.0333. The lowest BCUT2D eigenvalue weighted by atomic mass is 10.1. The zero-order chi connectivity index (χ0) is 13.8. The number of benzene rings is 1. The molecule has 1 amide bonds. The van der Waals surface area contributed by atoms with E-state index >= 15 is 0 Å². The molecule has 0 unspecified atom stereocenters. The normalized spacial score (nSPS) is 15.4. The number of hydrogen-bond acceptors (Lipinski definition) is 2. The molecule has 0 aromatic heterocycles. The third-order valence-electron chi connectivity index (χ3n) is 3.61. The highest BCUT2D eigenvalue weighted by molar-refractivity contribution is 9.10. The summed E-state index contributed by atoms with van der Waals surface area (Å²) in [4.78, 5) is 14.6. The Balaban J connectivity index is 2.28. The van der Waals surface area contributed by atoms with Gasteiger partial charge >= 0.3 is 0 Å². The Morgan fingerprint density at radius 1 is 1.47 bits per heavy atom. The van der Waals surface area contributed by atoms with Crippen molar-refractivity contribution < 1.29 is 4.79 Å². The molecule has 19 heavy (non-hydrogen) atoms. The van der Waals surface area contributed by atoms with Crippen molar-refractivity contribution in [3.8, 4) is 0 Å². The first-order valence-electron chi connectivity index (χ1n) is 6.61. The van der Waals surface area contributed by atoms with Crippen LogP contribution in [0.1, 0.15) is 36.0 Å². The number of hydrogen-bond donors (Lipinski definition) is 1. The van der Waals surface area contributed by atoms with Crippen molar-refractivity contribution in [3.63, 3.8) is 0 Å². The van der Waals surface area contributed by atoms with Gasteiger partial charge in [-0.05, 0) is 40.9 Å². The lowest BCUT2D eigenvalue weighted by Crippen LogP contribution is -2.39. The number of nitrogen functional groups attached to an aromatic ring is 1. The zero-order valence-electron chi connectivity index (χ0n) is 10.9. The fraction of sp³-hybridized carbons (Fsp3) is 0.400. The fourth-order valence-corrected chi connectivity index (χ4v) is 3.06. The molecular formula is C15H19BrN2O. The molecule has 0 radical (unpaired) electrons. The van der Waals surface area contributed by atoms with Crippen LogP contribution in [0.25, 0.3) is 0 Å². The Kier molecular flexibility index (Phi) is 4.64. The first kappa shape index (κ1) is 14.1. The van der Waals surface area contributed by atoms with Crippen LogP contribution < -0.4 is 5.73 Å². The monoisotopic (exact) mass is 322 g/mol. The number of amides is 1. The molecular weight excluding hydrogens is 304 g/mol. The molecule has 0 atom stereocenters. The van der Waals surface area contributed by atoms with Gasteiger partial charge in [-0.3, -0.25) is 4.79 Å². The van der Waals surface area contributed by atoms with E-state index in [1.165, 1.54) is 12.8 Å². The molecule has 1 aliphatic rings. The summed E-state index contributed by atoms with van der Waals surface area (Å²) in [7, 11) is 0. The van der Waals surface area contributed by atoms with Crippen LogP contribution in [-0.2, 0) is 0 Å². The second kappa shape index (κ2) is 6.24. The van der Waals surface area contributed by atoms with E-state index in [0.717, 1.165) is 12.8 Å². The number of nitrogens with two attached hydrogens (primary N) is 1. The SMILES string of the molecule is C=CCN(C(=O)c1cccc(N)c1Br)C1CCCC1. The Morgan fingerprint density at radius 2 is 2.16 bits per heavy atom. The summed E-state index contributed by atoms with van der Waals surface area (Å²) >= 11 is 3.41. The second-order valence-corrected chi connectivity index (χ2v) is 5.69. The van der Waals surface area contributed by atoms with Crippen LogP contribution in [0.15, 0.2) is 35.3 Å². The summed E-state index contributed by atoms with van der Waals surface area (Å²) in [6.45, 7) is 4.35. The average Bonchev–Trinajstić information content (AvgIpc) is 2.92. The smallest absolute Gasteiger partial charge is 0.255 e. The standard InChI is InChI=1S/C15H19BrN2O/c1-2-10-18(11-6-3-4-7-11)15(19)12-8-5-9-13(17)14(12)16/h2,5,8-9,11H,1,3-4,6-7,10,17H2. The largest absolute Gasteiger partial charge is 0.398 e. The van der Waals surface area contributed by atoms with Crippen molar-refractivity contribution in [2.24, 2.45) is 0 Å². The maximum atomic E-state index is 12.7. The Labute approximate surface area is 122 Å². The minimum atomic E-state index is 0.0333. The van der Waals surface area contributed by atoms with Crippen LogP contribution >= 0.6 is 15.9 Å². The van der Waals surface area contributed by atoms with Crippen LogP contribution in [0.2, 0.25) is 0 Å². The molecule has 1 aromatic carbocycles. The number of rotatable bonds is 4. The number of halogens is 1. The Morgan fingerprint density at radius 3 is 2.79 bits per heavy atom. The highest BCUT2D eigenvalue weighted by atomic mass is 79.9. The van der Waals surface area contributed by atoms with Crippen molar-refractivity contribution in [1.29, 1.82) is 0 Å². The number of nitrogens with zero attached hydrogens (tertiary/aromatic N) is 1. The molecule has 1 aromatic rings. The van der Waals surface area contributed by atoms with Crippen molar-refractivity contribution in [1.82, 2.24) is 4.90 Å². The van der Waals surface area contributed by atoms with E-state index in [-0.39, 0.29) is 5.91 Å². The maximum Gasteiger partial charge on any atom is 0.255 e. The second-order valence-electron chi connectivity index (χ2n) is 4.89. The molecule has 1 saturated carbocycles. The predicted octanol–water partition coefficient (Wildman–Crippen LogP) is 3.60. The molecule has 0 heterocycles. The Bertz CT molecular complexity index is 481. The molecule has 0 spiro atoms. The van der Waals surface area contributed by atoms with E-state index in [1.54, 1.807) is 12.1 Å². The van der Waals surface area contributed by atoms with Crippen LogP contribution in [0.4, 0.5) is 5.69 Å². The van der Waals surface area contributed by atoms with Crippen LogP contribution in [0, 0.1) is 0 Å². The molecule has 3 nitrogen and oxygen atoms in total. The topological polar surface area (TPSA) is 46.3 Å². The minimum absolute atomic E-state index is 0.0333. The van der Waals surface area contributed by atoms with Crippen molar-refractivity contribution in [2.75, 3.05) is 12.3 Å². The van der Waals surface area contributed by atoms with E-state index < -0.39 is 0 Å². The minimum Gasteiger partial charge on any atom is -0.398 e. The first-order valence-corrected chi connectivity index (χ1v) is 7.40. The quantitative estimate of drug-likeness (QED) is 0.680. The van der Waals surface area contributed by atoms with E-state index in [0.29, 0.717) is 28.3 Å². The van der Waals surface area contributed by atoms with Gasteiger partial charge in [0, 0.05) is 18.3 Å². The van der Waals surface area contributed by atoms with Gasteiger partial charge in [-0.2, -0.15) is 0 Å². The summed E-state index contributed by atoms with van der Waals surface area (Å²) in [6.07, 6.45) is 6.35. The van der Waals surface area contributed by atoms with Crippen molar-refractivity contribution >= 4 is 27.5 Å². The summed E-state index contributed by atoms with van der Waals surface area (Å²) in [6, 6.07) is 5.75. The maximum absolute atomic E-state index is 12.7. The highest BCUT2D eigenvalue weighted by Crippen LogP contribution is 2.29. The molecule has 2 N–H and O–H groups in total. The summed E-state index contributed by atoms with van der Waals surface area (Å²) in [5.41, 5.74) is 7.07. The zero-order valence-corrected chi connectivity index (χ0v) is 12.5. The van der Waals surface area contributed by atoms with E-state index in [2.05, 4.69) is 22.5 Å². The summed E-state index contributed by atoms with van der Waals surface area (Å²) < 4.78 is 0.687.